The van der Waals surface area contributed by atoms with E-state index >= 15 is 0 Å². The number of rotatable bonds is 1. The number of nitrogen functional groups attached to an aromatic ring is 1. The van der Waals surface area contributed by atoms with Gasteiger partial charge in [0.1, 0.15) is 0 Å². The molecule has 0 saturated heterocycles. The molecule has 2 rings (SSSR count). The molecule has 6 nitrogen and oxygen atoms in total. The first-order chi connectivity index (χ1) is 8.50. The van der Waals surface area contributed by atoms with Crippen molar-refractivity contribution in [3.8, 4) is 5.75 Å². The van der Waals surface area contributed by atoms with E-state index in [1.54, 1.807) is 30.6 Å². The van der Waals surface area contributed by atoms with Crippen molar-refractivity contribution in [3.05, 3.63) is 51.9 Å². The molecule has 0 atom stereocenters. The Kier molecular flexibility index (Phi) is 7.46. The second-order valence-corrected chi connectivity index (χ2v) is 4.52. The zero-order chi connectivity index (χ0) is 13.5. The number of nitrogens with one attached hydrogen (secondary N) is 1. The fourth-order valence-electron chi connectivity index (χ4n) is 1.07. The van der Waals surface area contributed by atoms with Gasteiger partial charge in [-0.2, -0.15) is 0 Å². The van der Waals surface area contributed by atoms with Gasteiger partial charge < -0.3 is 21.4 Å². The van der Waals surface area contributed by atoms with E-state index in [-0.39, 0.29) is 11.0 Å². The minimum atomic E-state index is -1.17. The molecule has 0 aliphatic heterocycles. The van der Waals surface area contributed by atoms with E-state index < -0.39 is 11.7 Å². The molecular weight excluding hydrogens is 363 g/mol. The Labute approximate surface area is 123 Å². The number of aromatic amines is 1. The largest absolute Gasteiger partial charge is 0.872 e. The van der Waals surface area contributed by atoms with Crippen molar-refractivity contribution in [2.24, 2.45) is 0 Å². The van der Waals surface area contributed by atoms with Crippen LogP contribution in [0.1, 0.15) is 10.4 Å². The summed E-state index contributed by atoms with van der Waals surface area (Å²) in [6, 6.07) is 7.80. The Morgan fingerprint density at radius 1 is 1.26 bits per heavy atom. The van der Waals surface area contributed by atoms with Crippen LogP contribution in [0.3, 0.4) is 0 Å². The highest BCUT2D eigenvalue weighted by Gasteiger charge is 2.02. The van der Waals surface area contributed by atoms with Gasteiger partial charge in [-0.05, 0) is 34.7 Å². The molecule has 1 aromatic heterocycles. The number of hydrogen-bond acceptors (Lipinski definition) is 3. The predicted octanol–water partition coefficient (Wildman–Crippen LogP) is 0.321. The SMILES string of the molecule is Nc1cc[nH+]cc1.O.O=C(O)c1cc(I)ccc1[O-]. The molecule has 1 heterocycles. The summed E-state index contributed by atoms with van der Waals surface area (Å²) in [7, 11) is 0. The lowest BCUT2D eigenvalue weighted by molar-refractivity contribution is -0.377. The molecule has 0 fully saturated rings. The van der Waals surface area contributed by atoms with Gasteiger partial charge in [0.05, 0.1) is 5.56 Å². The van der Waals surface area contributed by atoms with Crippen molar-refractivity contribution in [2.75, 3.05) is 5.73 Å². The number of nitrogens with two attached hydrogens (primary N) is 1. The molecule has 2 aromatic rings. The van der Waals surface area contributed by atoms with Crippen LogP contribution in [-0.2, 0) is 0 Å². The van der Waals surface area contributed by atoms with Gasteiger partial charge in [-0.1, -0.05) is 11.8 Å². The third kappa shape index (κ3) is 6.02. The number of hydrogen-bond donors (Lipinski definition) is 2. The van der Waals surface area contributed by atoms with Gasteiger partial charge in [-0.15, -0.1) is 0 Å². The quantitative estimate of drug-likeness (QED) is 0.694. The molecule has 0 aliphatic carbocycles. The molecule has 102 valence electrons. The molecule has 0 saturated carbocycles. The maximum atomic E-state index is 10.8. The van der Waals surface area contributed by atoms with Crippen molar-refractivity contribution in [1.82, 2.24) is 0 Å². The Balaban J connectivity index is 0.000000352. The monoisotopic (exact) mass is 376 g/mol. The van der Waals surface area contributed by atoms with Gasteiger partial charge in [0.2, 0.25) is 0 Å². The van der Waals surface area contributed by atoms with E-state index in [1.807, 2.05) is 22.6 Å². The minimum absolute atomic E-state index is 0. The molecule has 0 bridgehead atoms. The number of carbonyl (C=O) groups is 1. The standard InChI is InChI=1S/C7H5IO3.C5H6N2.H2O/c8-4-1-2-6(9)5(3-4)7(10)11;6-5-1-3-7-4-2-5;/h1-3,9H,(H,10,11);1-4H,(H2,6,7);1H2. The highest BCUT2D eigenvalue weighted by atomic mass is 127. The predicted molar refractivity (Wildman–Crippen MR) is 76.6 cm³/mol. The molecule has 0 radical (unpaired) electrons. The van der Waals surface area contributed by atoms with Crippen LogP contribution < -0.4 is 15.8 Å². The first kappa shape index (κ1) is 17.1. The van der Waals surface area contributed by atoms with Crippen LogP contribution in [0, 0.1) is 3.57 Å². The summed E-state index contributed by atoms with van der Waals surface area (Å²) in [5.41, 5.74) is 5.96. The molecule has 0 aliphatic rings. The van der Waals surface area contributed by atoms with Crippen molar-refractivity contribution in [1.29, 1.82) is 0 Å². The van der Waals surface area contributed by atoms with Crippen molar-refractivity contribution < 1.29 is 25.5 Å². The summed E-state index contributed by atoms with van der Waals surface area (Å²) in [5.74, 6) is -1.62. The van der Waals surface area contributed by atoms with E-state index in [2.05, 4.69) is 4.98 Å². The minimum Gasteiger partial charge on any atom is -0.872 e. The number of anilines is 1. The molecule has 0 spiro atoms. The van der Waals surface area contributed by atoms with E-state index in [9.17, 15) is 9.90 Å². The van der Waals surface area contributed by atoms with E-state index in [0.29, 0.717) is 0 Å². The summed E-state index contributed by atoms with van der Waals surface area (Å²) in [6.45, 7) is 0. The molecule has 1 aromatic carbocycles. The summed E-state index contributed by atoms with van der Waals surface area (Å²) in [6.07, 6.45) is 3.57. The normalized spacial score (nSPS) is 8.68. The fourth-order valence-corrected chi connectivity index (χ4v) is 1.56. The van der Waals surface area contributed by atoms with Crippen LogP contribution in [-0.4, -0.2) is 16.6 Å². The number of pyridine rings is 1. The lowest BCUT2D eigenvalue weighted by Gasteiger charge is -2.08. The number of carboxylic acid groups (broad SMARTS) is 1. The Morgan fingerprint density at radius 2 is 1.84 bits per heavy atom. The number of carboxylic acids is 1. The Hall–Kier alpha value is -1.87. The second-order valence-electron chi connectivity index (χ2n) is 3.28. The summed E-state index contributed by atoms with van der Waals surface area (Å²) < 4.78 is 0.750. The molecule has 0 amide bonds. The molecule has 19 heavy (non-hydrogen) atoms. The number of H-pyrrole nitrogens is 1. The van der Waals surface area contributed by atoms with Gasteiger partial charge in [0.15, 0.2) is 12.4 Å². The van der Waals surface area contributed by atoms with E-state index in [1.165, 1.54) is 12.1 Å². The first-order valence-electron chi connectivity index (χ1n) is 4.92. The zero-order valence-corrected chi connectivity index (χ0v) is 11.9. The zero-order valence-electron chi connectivity index (χ0n) is 9.76. The Morgan fingerprint density at radius 3 is 2.21 bits per heavy atom. The van der Waals surface area contributed by atoms with Gasteiger partial charge in [0.25, 0.3) is 0 Å². The van der Waals surface area contributed by atoms with Crippen LogP contribution in [0.4, 0.5) is 5.69 Å². The smallest absolute Gasteiger partial charge is 0.335 e. The highest BCUT2D eigenvalue weighted by Crippen LogP contribution is 2.16. The topological polar surface area (TPSA) is 132 Å². The number of halogens is 1. The van der Waals surface area contributed by atoms with E-state index in [4.69, 9.17) is 10.8 Å². The molecule has 0 unspecified atom stereocenters. The summed E-state index contributed by atoms with van der Waals surface area (Å²) >= 11 is 1.95. The average Bonchev–Trinajstić information content (AvgIpc) is 2.34. The number of aromatic carboxylic acids is 1. The van der Waals surface area contributed by atoms with Crippen molar-refractivity contribution in [3.63, 3.8) is 0 Å². The van der Waals surface area contributed by atoms with Gasteiger partial charge in [-0.3, -0.25) is 0 Å². The van der Waals surface area contributed by atoms with Crippen molar-refractivity contribution in [2.45, 2.75) is 0 Å². The van der Waals surface area contributed by atoms with Gasteiger partial charge >= 0.3 is 5.97 Å². The highest BCUT2D eigenvalue weighted by molar-refractivity contribution is 14.1. The van der Waals surface area contributed by atoms with E-state index in [0.717, 1.165) is 9.26 Å². The lowest BCUT2D eigenvalue weighted by atomic mass is 10.2. The van der Waals surface area contributed by atoms with Gasteiger partial charge in [-0.25, -0.2) is 9.78 Å². The lowest BCUT2D eigenvalue weighted by Crippen LogP contribution is -2.03. The Bertz CT molecular complexity index is 535. The number of benzene rings is 1. The second kappa shape index (κ2) is 8.27. The van der Waals surface area contributed by atoms with Crippen LogP contribution in [0.25, 0.3) is 0 Å². The van der Waals surface area contributed by atoms with Crippen LogP contribution in [0.5, 0.6) is 5.75 Å². The maximum Gasteiger partial charge on any atom is 0.335 e. The fraction of sp³-hybridized carbons (Fsp3) is 0. The number of aromatic nitrogens is 1. The third-order valence-corrected chi connectivity index (χ3v) is 2.59. The molecular formula is C12H13IN2O4. The third-order valence-electron chi connectivity index (χ3n) is 1.92. The molecule has 7 heteroatoms. The van der Waals surface area contributed by atoms with Crippen LogP contribution in [0.2, 0.25) is 0 Å². The first-order valence-corrected chi connectivity index (χ1v) is 6.00. The van der Waals surface area contributed by atoms with Crippen LogP contribution in [0.15, 0.2) is 42.7 Å². The van der Waals surface area contributed by atoms with Crippen LogP contribution >= 0.6 is 22.6 Å². The average molecular weight is 376 g/mol. The van der Waals surface area contributed by atoms with Gasteiger partial charge in [0, 0.05) is 21.4 Å². The summed E-state index contributed by atoms with van der Waals surface area (Å²) in [5, 5.41) is 19.3. The van der Waals surface area contributed by atoms with Crippen molar-refractivity contribution >= 4 is 34.2 Å². The summed E-state index contributed by atoms with van der Waals surface area (Å²) in [4.78, 5) is 13.2. The maximum absolute atomic E-state index is 10.8. The molecule has 6 N–H and O–H groups in total.